The van der Waals surface area contributed by atoms with Crippen LogP contribution in [-0.2, 0) is 47.4 Å². The minimum atomic E-state index is -0.452. The van der Waals surface area contributed by atoms with E-state index < -0.39 is 4.92 Å². The number of likely N-dealkylation sites (N-methyl/N-ethyl adjacent to an activating group) is 1. The van der Waals surface area contributed by atoms with Gasteiger partial charge >= 0.3 is 0 Å². The number of hydrogen-bond donors (Lipinski definition) is 1. The zero-order valence-corrected chi connectivity index (χ0v) is 26.1. The molecule has 0 aliphatic rings. The van der Waals surface area contributed by atoms with Crippen molar-refractivity contribution >= 4 is 5.69 Å². The zero-order chi connectivity index (χ0) is 31.6. The number of benzene rings is 1. The molecule has 0 spiro atoms. The Morgan fingerprint density at radius 3 is 1.02 bits per heavy atom. The third-order valence-electron chi connectivity index (χ3n) is 5.39. The van der Waals surface area contributed by atoms with Gasteiger partial charge in [-0.25, -0.2) is 0 Å². The SMILES string of the molecule is CNCCOCCOCCOCCOCCOCCOCCOCCOCCOCCOCCOc1ccc([N+](=O)[O-])cc1. The third kappa shape index (κ3) is 27.5. The van der Waals surface area contributed by atoms with Crippen LogP contribution in [0.3, 0.4) is 0 Å². The van der Waals surface area contributed by atoms with Gasteiger partial charge in [-0.2, -0.15) is 0 Å². The van der Waals surface area contributed by atoms with Crippen LogP contribution in [0.4, 0.5) is 5.69 Å². The normalized spacial score (nSPS) is 11.3. The van der Waals surface area contributed by atoms with Crippen LogP contribution in [0.25, 0.3) is 0 Å². The molecule has 0 bridgehead atoms. The van der Waals surface area contributed by atoms with Crippen molar-refractivity contribution in [3.8, 4) is 5.75 Å². The van der Waals surface area contributed by atoms with E-state index in [9.17, 15) is 10.1 Å². The first-order chi connectivity index (χ1) is 21.7. The second-order valence-corrected chi connectivity index (χ2v) is 8.83. The molecule has 44 heavy (non-hydrogen) atoms. The van der Waals surface area contributed by atoms with Gasteiger partial charge in [-0.3, -0.25) is 10.1 Å². The molecule has 0 aliphatic carbocycles. The average molecular weight is 637 g/mol. The number of nitro groups is 1. The van der Waals surface area contributed by atoms with Crippen molar-refractivity contribution < 1.29 is 57.0 Å². The van der Waals surface area contributed by atoms with Crippen LogP contribution < -0.4 is 10.1 Å². The summed E-state index contributed by atoms with van der Waals surface area (Å²) in [5.74, 6) is 0.557. The summed E-state index contributed by atoms with van der Waals surface area (Å²) in [6.07, 6.45) is 0. The molecule has 0 heterocycles. The Balaban J connectivity index is 1.65. The molecular weight excluding hydrogens is 584 g/mol. The van der Waals surface area contributed by atoms with Crippen LogP contribution in [0.5, 0.6) is 5.75 Å². The minimum absolute atomic E-state index is 0.0264. The maximum absolute atomic E-state index is 10.6. The molecule has 0 saturated carbocycles. The fourth-order valence-corrected chi connectivity index (χ4v) is 3.14. The van der Waals surface area contributed by atoms with Crippen molar-refractivity contribution in [3.63, 3.8) is 0 Å². The predicted octanol–water partition coefficient (Wildman–Crippen LogP) is 1.36. The van der Waals surface area contributed by atoms with Gasteiger partial charge in [0.05, 0.1) is 137 Å². The van der Waals surface area contributed by atoms with Crippen LogP contribution in [0, 0.1) is 10.1 Å². The average Bonchev–Trinajstić information content (AvgIpc) is 3.03. The summed E-state index contributed by atoms with van der Waals surface area (Å²) in [5.41, 5.74) is 0.0264. The second kappa shape index (κ2) is 32.4. The van der Waals surface area contributed by atoms with Gasteiger partial charge in [0.1, 0.15) is 12.4 Å². The summed E-state index contributed by atoms with van der Waals surface area (Å²) < 4.78 is 59.8. The largest absolute Gasteiger partial charge is 0.491 e. The van der Waals surface area contributed by atoms with Gasteiger partial charge in [0.15, 0.2) is 0 Å². The lowest BCUT2D eigenvalue weighted by atomic mass is 10.3. The molecule has 0 aromatic heterocycles. The third-order valence-corrected chi connectivity index (χ3v) is 5.39. The molecule has 0 amide bonds. The predicted molar refractivity (Wildman–Crippen MR) is 161 cm³/mol. The van der Waals surface area contributed by atoms with Crippen LogP contribution in [0.1, 0.15) is 0 Å². The maximum atomic E-state index is 10.6. The molecule has 0 unspecified atom stereocenters. The van der Waals surface area contributed by atoms with Crippen molar-refractivity contribution in [2.75, 3.05) is 152 Å². The maximum Gasteiger partial charge on any atom is 0.269 e. The number of nitro benzene ring substituents is 1. The molecule has 0 atom stereocenters. The monoisotopic (exact) mass is 636 g/mol. The van der Waals surface area contributed by atoms with Crippen LogP contribution in [0.2, 0.25) is 0 Å². The van der Waals surface area contributed by atoms with Gasteiger partial charge in [0, 0.05) is 18.7 Å². The minimum Gasteiger partial charge on any atom is -0.491 e. The highest BCUT2D eigenvalue weighted by atomic mass is 16.6. The van der Waals surface area contributed by atoms with Gasteiger partial charge in [-0.15, -0.1) is 0 Å². The molecule has 15 heteroatoms. The molecule has 0 aliphatic heterocycles. The topological polar surface area (TPSA) is 157 Å². The second-order valence-electron chi connectivity index (χ2n) is 8.83. The van der Waals surface area contributed by atoms with E-state index in [0.29, 0.717) is 144 Å². The highest BCUT2D eigenvalue weighted by molar-refractivity contribution is 5.35. The van der Waals surface area contributed by atoms with Crippen molar-refractivity contribution in [2.45, 2.75) is 0 Å². The van der Waals surface area contributed by atoms with E-state index in [-0.39, 0.29) is 5.69 Å². The summed E-state index contributed by atoms with van der Waals surface area (Å²) in [6.45, 7) is 11.3. The Hall–Kier alpha value is -2.02. The van der Waals surface area contributed by atoms with Crippen LogP contribution >= 0.6 is 0 Å². The van der Waals surface area contributed by atoms with E-state index in [0.717, 1.165) is 6.54 Å². The molecular formula is C29H52N2O13. The molecule has 1 aromatic carbocycles. The van der Waals surface area contributed by atoms with Crippen molar-refractivity contribution in [1.29, 1.82) is 0 Å². The van der Waals surface area contributed by atoms with Crippen molar-refractivity contribution in [1.82, 2.24) is 5.32 Å². The first-order valence-electron chi connectivity index (χ1n) is 15.0. The van der Waals surface area contributed by atoms with Gasteiger partial charge < -0.3 is 57.4 Å². The van der Waals surface area contributed by atoms with E-state index in [2.05, 4.69) is 5.32 Å². The molecule has 0 radical (unpaired) electrons. The van der Waals surface area contributed by atoms with Gasteiger partial charge in [0.25, 0.3) is 5.69 Å². The summed E-state index contributed by atoms with van der Waals surface area (Å²) in [5, 5.41) is 13.6. The Kier molecular flexibility index (Phi) is 29.4. The fraction of sp³-hybridized carbons (Fsp3) is 0.793. The standard InChI is InChI=1S/C29H52N2O13/c1-30-6-7-34-8-9-35-10-11-36-12-13-37-14-15-38-16-17-39-18-19-40-20-21-41-22-23-42-24-25-43-26-27-44-29-4-2-28(3-5-29)31(32)33/h2-5,30H,6-27H2,1H3. The Bertz CT molecular complexity index is 746. The molecule has 15 nitrogen and oxygen atoms in total. The number of hydrogen-bond acceptors (Lipinski definition) is 14. The quantitative estimate of drug-likeness (QED) is 0.0647. The number of nitrogens with zero attached hydrogens (tertiary/aromatic N) is 1. The summed E-state index contributed by atoms with van der Waals surface area (Å²) in [4.78, 5) is 10.2. The van der Waals surface area contributed by atoms with E-state index in [1.807, 2.05) is 7.05 Å². The number of nitrogens with one attached hydrogen (secondary N) is 1. The van der Waals surface area contributed by atoms with Crippen LogP contribution in [0.15, 0.2) is 24.3 Å². The van der Waals surface area contributed by atoms with Crippen molar-refractivity contribution in [3.05, 3.63) is 34.4 Å². The van der Waals surface area contributed by atoms with E-state index in [1.54, 1.807) is 12.1 Å². The lowest BCUT2D eigenvalue weighted by molar-refractivity contribution is -0.384. The highest BCUT2D eigenvalue weighted by Gasteiger charge is 2.04. The Morgan fingerprint density at radius 2 is 0.750 bits per heavy atom. The Labute approximate surface area is 260 Å². The molecule has 256 valence electrons. The van der Waals surface area contributed by atoms with E-state index in [1.165, 1.54) is 12.1 Å². The number of non-ortho nitro benzene ring substituents is 1. The smallest absolute Gasteiger partial charge is 0.269 e. The van der Waals surface area contributed by atoms with Gasteiger partial charge in [0.2, 0.25) is 0 Å². The van der Waals surface area contributed by atoms with Crippen LogP contribution in [-0.4, -0.2) is 157 Å². The molecule has 1 N–H and O–H groups in total. The number of ether oxygens (including phenoxy) is 11. The highest BCUT2D eigenvalue weighted by Crippen LogP contribution is 2.17. The Morgan fingerprint density at radius 1 is 0.477 bits per heavy atom. The number of rotatable bonds is 35. The zero-order valence-electron chi connectivity index (χ0n) is 26.1. The summed E-state index contributed by atoms with van der Waals surface area (Å²) >= 11 is 0. The van der Waals surface area contributed by atoms with Crippen molar-refractivity contribution in [2.24, 2.45) is 0 Å². The van der Waals surface area contributed by atoms with Gasteiger partial charge in [-0.05, 0) is 19.2 Å². The lowest BCUT2D eigenvalue weighted by Crippen LogP contribution is -2.17. The summed E-state index contributed by atoms with van der Waals surface area (Å²) in [7, 11) is 1.89. The first kappa shape index (κ1) is 40.0. The van der Waals surface area contributed by atoms with Gasteiger partial charge in [-0.1, -0.05) is 0 Å². The molecule has 0 saturated heterocycles. The molecule has 1 aromatic rings. The first-order valence-corrected chi connectivity index (χ1v) is 15.0. The van der Waals surface area contributed by atoms with E-state index >= 15 is 0 Å². The molecule has 1 rings (SSSR count). The molecule has 0 fully saturated rings. The summed E-state index contributed by atoms with van der Waals surface area (Å²) in [6, 6.07) is 5.91. The lowest BCUT2D eigenvalue weighted by Gasteiger charge is -2.09. The van der Waals surface area contributed by atoms with E-state index in [4.69, 9.17) is 52.1 Å². The fourth-order valence-electron chi connectivity index (χ4n) is 3.14.